The van der Waals surface area contributed by atoms with Crippen molar-refractivity contribution in [3.63, 3.8) is 0 Å². The fourth-order valence-corrected chi connectivity index (χ4v) is 2.25. The van der Waals surface area contributed by atoms with Crippen LogP contribution in [0.4, 0.5) is 10.1 Å². The number of amides is 2. The summed E-state index contributed by atoms with van der Waals surface area (Å²) in [5, 5.41) is 5.35. The molecule has 0 heterocycles. The van der Waals surface area contributed by atoms with Crippen LogP contribution in [0.15, 0.2) is 55.1 Å². The van der Waals surface area contributed by atoms with Crippen LogP contribution in [0.2, 0.25) is 0 Å². The lowest BCUT2D eigenvalue weighted by Gasteiger charge is -2.11. The van der Waals surface area contributed by atoms with Crippen LogP contribution in [0.5, 0.6) is 5.75 Å². The average Bonchev–Trinajstić information content (AvgIpc) is 2.60. The van der Waals surface area contributed by atoms with E-state index in [-0.39, 0.29) is 24.0 Å². The van der Waals surface area contributed by atoms with Gasteiger partial charge in [0.25, 0.3) is 5.91 Å². The summed E-state index contributed by atoms with van der Waals surface area (Å²) in [5.74, 6) is -1.08. The lowest BCUT2D eigenvalue weighted by molar-refractivity contribution is -0.115. The van der Waals surface area contributed by atoms with Gasteiger partial charge in [-0.15, -0.1) is 6.58 Å². The summed E-state index contributed by atoms with van der Waals surface area (Å²) in [4.78, 5) is 24.3. The Morgan fingerprint density at radius 2 is 2.00 bits per heavy atom. The molecule has 0 aliphatic carbocycles. The number of halogens is 1. The van der Waals surface area contributed by atoms with E-state index in [1.165, 1.54) is 19.2 Å². The van der Waals surface area contributed by atoms with Crippen molar-refractivity contribution in [3.05, 3.63) is 72.1 Å². The highest BCUT2D eigenvalue weighted by Gasteiger charge is 2.13. The van der Waals surface area contributed by atoms with Crippen molar-refractivity contribution in [3.8, 4) is 5.75 Å². The third-order valence-corrected chi connectivity index (χ3v) is 3.43. The Hall–Kier alpha value is -3.15. The number of benzene rings is 2. The second-order valence-corrected chi connectivity index (χ2v) is 5.24. The number of ether oxygens (including phenoxy) is 1. The Labute approximate surface area is 145 Å². The summed E-state index contributed by atoms with van der Waals surface area (Å²) >= 11 is 0. The number of rotatable bonds is 7. The van der Waals surface area contributed by atoms with Crippen molar-refractivity contribution in [1.82, 2.24) is 5.32 Å². The van der Waals surface area contributed by atoms with E-state index in [1.807, 2.05) is 0 Å². The fourth-order valence-electron chi connectivity index (χ4n) is 2.25. The predicted molar refractivity (Wildman–Crippen MR) is 94.3 cm³/mol. The van der Waals surface area contributed by atoms with E-state index < -0.39 is 5.82 Å². The SMILES string of the molecule is C=CCNC(=O)c1ccccc1NC(=O)Cc1ccc(OC)c(F)c1. The van der Waals surface area contributed by atoms with E-state index in [1.54, 1.807) is 36.4 Å². The molecule has 2 aromatic rings. The van der Waals surface area contributed by atoms with E-state index in [0.29, 0.717) is 23.4 Å². The average molecular weight is 342 g/mol. The number of para-hydroxylation sites is 1. The summed E-state index contributed by atoms with van der Waals surface area (Å²) in [7, 11) is 1.37. The lowest BCUT2D eigenvalue weighted by atomic mass is 10.1. The first-order valence-corrected chi connectivity index (χ1v) is 7.65. The molecule has 0 fully saturated rings. The molecule has 0 saturated heterocycles. The molecule has 0 aromatic heterocycles. The summed E-state index contributed by atoms with van der Waals surface area (Å²) < 4.78 is 18.5. The van der Waals surface area contributed by atoms with Crippen LogP contribution in [-0.2, 0) is 11.2 Å². The third kappa shape index (κ3) is 4.91. The summed E-state index contributed by atoms with van der Waals surface area (Å²) in [6.07, 6.45) is 1.54. The quantitative estimate of drug-likeness (QED) is 0.760. The highest BCUT2D eigenvalue weighted by Crippen LogP contribution is 2.19. The van der Waals surface area contributed by atoms with E-state index >= 15 is 0 Å². The summed E-state index contributed by atoms with van der Waals surface area (Å²) in [5.41, 5.74) is 1.24. The summed E-state index contributed by atoms with van der Waals surface area (Å²) in [6, 6.07) is 11.0. The first-order chi connectivity index (χ1) is 12.0. The molecule has 2 N–H and O–H groups in total. The minimum atomic E-state index is -0.531. The molecule has 0 bridgehead atoms. The minimum absolute atomic E-state index is 0.0243. The number of anilines is 1. The molecule has 2 amide bonds. The lowest BCUT2D eigenvalue weighted by Crippen LogP contribution is -2.25. The van der Waals surface area contributed by atoms with Gasteiger partial charge >= 0.3 is 0 Å². The maximum absolute atomic E-state index is 13.7. The largest absolute Gasteiger partial charge is 0.494 e. The van der Waals surface area contributed by atoms with Crippen LogP contribution in [-0.4, -0.2) is 25.5 Å². The molecular weight excluding hydrogens is 323 g/mol. The van der Waals surface area contributed by atoms with Crippen LogP contribution in [0.1, 0.15) is 15.9 Å². The summed E-state index contributed by atoms with van der Waals surface area (Å²) in [6.45, 7) is 3.86. The smallest absolute Gasteiger partial charge is 0.253 e. The van der Waals surface area contributed by atoms with Gasteiger partial charge in [0.2, 0.25) is 5.91 Å². The molecule has 130 valence electrons. The molecule has 25 heavy (non-hydrogen) atoms. The molecule has 0 radical (unpaired) electrons. The zero-order chi connectivity index (χ0) is 18.2. The highest BCUT2D eigenvalue weighted by molar-refractivity contribution is 6.04. The zero-order valence-corrected chi connectivity index (χ0v) is 13.8. The van der Waals surface area contributed by atoms with E-state index in [9.17, 15) is 14.0 Å². The van der Waals surface area contributed by atoms with Crippen molar-refractivity contribution >= 4 is 17.5 Å². The van der Waals surface area contributed by atoms with Gasteiger partial charge in [0, 0.05) is 6.54 Å². The first-order valence-electron chi connectivity index (χ1n) is 7.65. The molecule has 6 heteroatoms. The van der Waals surface area contributed by atoms with E-state index in [2.05, 4.69) is 17.2 Å². The molecule has 2 aromatic carbocycles. The topological polar surface area (TPSA) is 67.4 Å². The minimum Gasteiger partial charge on any atom is -0.494 e. The number of hydrogen-bond acceptors (Lipinski definition) is 3. The van der Waals surface area contributed by atoms with Gasteiger partial charge in [0.15, 0.2) is 11.6 Å². The monoisotopic (exact) mass is 342 g/mol. The number of methoxy groups -OCH3 is 1. The van der Waals surface area contributed by atoms with Crippen molar-refractivity contribution in [2.24, 2.45) is 0 Å². The van der Waals surface area contributed by atoms with Gasteiger partial charge < -0.3 is 15.4 Å². The number of carbonyl (C=O) groups is 2. The Balaban J connectivity index is 2.09. The van der Waals surface area contributed by atoms with Crippen molar-refractivity contribution in [2.45, 2.75) is 6.42 Å². The zero-order valence-electron chi connectivity index (χ0n) is 13.8. The maximum atomic E-state index is 13.7. The molecular formula is C19H19FN2O3. The Kier molecular flexibility index (Phi) is 6.28. The van der Waals surface area contributed by atoms with Crippen LogP contribution in [0, 0.1) is 5.82 Å². The molecule has 0 aliphatic rings. The van der Waals surface area contributed by atoms with Gasteiger partial charge in [-0.3, -0.25) is 9.59 Å². The van der Waals surface area contributed by atoms with Crippen molar-refractivity contribution < 1.29 is 18.7 Å². The van der Waals surface area contributed by atoms with Crippen LogP contribution in [0.25, 0.3) is 0 Å². The van der Waals surface area contributed by atoms with Crippen molar-refractivity contribution in [2.75, 3.05) is 19.0 Å². The highest BCUT2D eigenvalue weighted by atomic mass is 19.1. The van der Waals surface area contributed by atoms with Crippen LogP contribution < -0.4 is 15.4 Å². The van der Waals surface area contributed by atoms with E-state index in [0.717, 1.165) is 0 Å². The molecule has 5 nitrogen and oxygen atoms in total. The maximum Gasteiger partial charge on any atom is 0.253 e. The van der Waals surface area contributed by atoms with Crippen LogP contribution in [0.3, 0.4) is 0 Å². The standard InChI is InChI=1S/C19H19FN2O3/c1-3-10-21-19(24)14-6-4-5-7-16(14)22-18(23)12-13-8-9-17(25-2)15(20)11-13/h3-9,11H,1,10,12H2,2H3,(H,21,24)(H,22,23). The Bertz CT molecular complexity index is 790. The van der Waals surface area contributed by atoms with Gasteiger partial charge in [-0.1, -0.05) is 24.3 Å². The number of carbonyl (C=O) groups excluding carboxylic acids is 2. The first kappa shape index (κ1) is 18.2. The number of nitrogens with one attached hydrogen (secondary N) is 2. The second-order valence-electron chi connectivity index (χ2n) is 5.24. The second kappa shape index (κ2) is 8.63. The molecule has 0 saturated carbocycles. The number of hydrogen-bond donors (Lipinski definition) is 2. The molecule has 0 unspecified atom stereocenters. The van der Waals surface area contributed by atoms with Gasteiger partial charge in [-0.25, -0.2) is 4.39 Å². The molecule has 0 atom stereocenters. The van der Waals surface area contributed by atoms with Crippen LogP contribution >= 0.6 is 0 Å². The Morgan fingerprint density at radius 3 is 2.68 bits per heavy atom. The molecule has 0 spiro atoms. The van der Waals surface area contributed by atoms with Gasteiger partial charge in [-0.05, 0) is 29.8 Å². The van der Waals surface area contributed by atoms with Crippen molar-refractivity contribution in [1.29, 1.82) is 0 Å². The molecule has 2 rings (SSSR count). The normalized spacial score (nSPS) is 10.0. The van der Waals surface area contributed by atoms with Gasteiger partial charge in [-0.2, -0.15) is 0 Å². The molecule has 0 aliphatic heterocycles. The predicted octanol–water partition coefficient (Wildman–Crippen LogP) is 2.93. The Morgan fingerprint density at radius 1 is 1.24 bits per heavy atom. The van der Waals surface area contributed by atoms with Gasteiger partial charge in [0.05, 0.1) is 24.8 Å². The fraction of sp³-hybridized carbons (Fsp3) is 0.158. The van der Waals surface area contributed by atoms with Gasteiger partial charge in [0.1, 0.15) is 0 Å². The van der Waals surface area contributed by atoms with E-state index in [4.69, 9.17) is 4.74 Å². The third-order valence-electron chi connectivity index (χ3n) is 3.43.